The van der Waals surface area contributed by atoms with Gasteiger partial charge in [-0.1, -0.05) is 6.92 Å². The summed E-state index contributed by atoms with van der Waals surface area (Å²) in [6.07, 6.45) is 0.381. The first-order chi connectivity index (χ1) is 7.40. The van der Waals surface area contributed by atoms with Crippen LogP contribution in [-0.4, -0.2) is 45.8 Å². The van der Waals surface area contributed by atoms with Crippen LogP contribution in [0.15, 0.2) is 0 Å². The Kier molecular flexibility index (Phi) is 3.96. The SMILES string of the molecule is CCC(C)(CN1C(=O)CSCC1=O)C(=O)O. The van der Waals surface area contributed by atoms with Gasteiger partial charge in [0.15, 0.2) is 0 Å². The number of rotatable bonds is 4. The molecule has 0 aromatic rings. The molecular weight excluding hydrogens is 230 g/mol. The summed E-state index contributed by atoms with van der Waals surface area (Å²) in [6.45, 7) is 3.26. The second-order valence-electron chi connectivity index (χ2n) is 4.09. The van der Waals surface area contributed by atoms with Gasteiger partial charge >= 0.3 is 5.97 Å². The summed E-state index contributed by atoms with van der Waals surface area (Å²) in [4.78, 5) is 35.2. The number of nitrogens with zero attached hydrogens (tertiary/aromatic N) is 1. The minimum Gasteiger partial charge on any atom is -0.481 e. The van der Waals surface area contributed by atoms with Crippen molar-refractivity contribution in [2.24, 2.45) is 5.41 Å². The monoisotopic (exact) mass is 245 g/mol. The lowest BCUT2D eigenvalue weighted by molar-refractivity contribution is -0.153. The molecule has 1 fully saturated rings. The summed E-state index contributed by atoms with van der Waals surface area (Å²) in [5.74, 6) is -1.05. The number of carbonyl (C=O) groups excluding carboxylic acids is 2. The molecule has 0 bridgehead atoms. The maximum Gasteiger partial charge on any atom is 0.311 e. The number of thioether (sulfide) groups is 1. The van der Waals surface area contributed by atoms with Crippen LogP contribution < -0.4 is 0 Å². The number of carboxylic acids is 1. The summed E-state index contributed by atoms with van der Waals surface area (Å²) in [6, 6.07) is 0. The van der Waals surface area contributed by atoms with Crippen LogP contribution in [-0.2, 0) is 14.4 Å². The zero-order chi connectivity index (χ0) is 12.3. The van der Waals surface area contributed by atoms with Crippen LogP contribution in [0.25, 0.3) is 0 Å². The Morgan fingerprint density at radius 1 is 1.44 bits per heavy atom. The van der Waals surface area contributed by atoms with Gasteiger partial charge in [-0.05, 0) is 13.3 Å². The zero-order valence-electron chi connectivity index (χ0n) is 9.36. The lowest BCUT2D eigenvalue weighted by Gasteiger charge is -2.32. The lowest BCUT2D eigenvalue weighted by atomic mass is 9.87. The highest BCUT2D eigenvalue weighted by atomic mass is 32.2. The Balaban J connectivity index is 2.81. The molecule has 0 aromatic carbocycles. The van der Waals surface area contributed by atoms with Gasteiger partial charge in [0.1, 0.15) is 0 Å². The maximum atomic E-state index is 11.5. The summed E-state index contributed by atoms with van der Waals surface area (Å²) in [5.41, 5.74) is -1.05. The molecule has 0 saturated carbocycles. The second-order valence-corrected chi connectivity index (χ2v) is 5.07. The predicted molar refractivity (Wildman–Crippen MR) is 60.1 cm³/mol. The largest absolute Gasteiger partial charge is 0.481 e. The van der Waals surface area contributed by atoms with Crippen molar-refractivity contribution >= 4 is 29.5 Å². The van der Waals surface area contributed by atoms with E-state index in [1.165, 1.54) is 11.8 Å². The Labute approximate surface area is 98.2 Å². The molecule has 1 N–H and O–H groups in total. The number of hydrogen-bond donors (Lipinski definition) is 1. The van der Waals surface area contributed by atoms with Crippen LogP contribution in [0, 0.1) is 5.41 Å². The summed E-state index contributed by atoms with van der Waals surface area (Å²) < 4.78 is 0. The number of carbonyl (C=O) groups is 3. The summed E-state index contributed by atoms with van der Waals surface area (Å²) in [7, 11) is 0. The smallest absolute Gasteiger partial charge is 0.311 e. The van der Waals surface area contributed by atoms with E-state index in [1.54, 1.807) is 13.8 Å². The molecule has 1 unspecified atom stereocenters. The molecule has 90 valence electrons. The highest BCUT2D eigenvalue weighted by molar-refractivity contribution is 8.00. The van der Waals surface area contributed by atoms with E-state index in [4.69, 9.17) is 5.11 Å². The van der Waals surface area contributed by atoms with Crippen LogP contribution >= 0.6 is 11.8 Å². The van der Waals surface area contributed by atoms with Crippen LogP contribution in [0.3, 0.4) is 0 Å². The molecule has 1 aliphatic heterocycles. The molecule has 1 saturated heterocycles. The number of aliphatic carboxylic acids is 1. The third-order valence-corrected chi connectivity index (χ3v) is 3.76. The van der Waals surface area contributed by atoms with Crippen molar-refractivity contribution in [1.82, 2.24) is 4.90 Å². The van der Waals surface area contributed by atoms with Crippen LogP contribution in [0.4, 0.5) is 0 Å². The fraction of sp³-hybridized carbons (Fsp3) is 0.700. The Morgan fingerprint density at radius 2 is 1.94 bits per heavy atom. The van der Waals surface area contributed by atoms with E-state index in [1.807, 2.05) is 0 Å². The van der Waals surface area contributed by atoms with Crippen LogP contribution in [0.1, 0.15) is 20.3 Å². The molecule has 5 nitrogen and oxygen atoms in total. The van der Waals surface area contributed by atoms with E-state index in [0.717, 1.165) is 4.90 Å². The Morgan fingerprint density at radius 3 is 2.31 bits per heavy atom. The van der Waals surface area contributed by atoms with Gasteiger partial charge in [0.2, 0.25) is 11.8 Å². The van der Waals surface area contributed by atoms with Gasteiger partial charge < -0.3 is 5.11 Å². The van der Waals surface area contributed by atoms with Crippen LogP contribution in [0.2, 0.25) is 0 Å². The molecule has 6 heteroatoms. The fourth-order valence-corrected chi connectivity index (χ4v) is 2.14. The molecule has 1 atom stereocenters. The molecule has 0 aromatic heterocycles. The van der Waals surface area contributed by atoms with Crippen LogP contribution in [0.5, 0.6) is 0 Å². The molecular formula is C10H15NO4S. The van der Waals surface area contributed by atoms with Crippen molar-refractivity contribution in [3.05, 3.63) is 0 Å². The average Bonchev–Trinajstić information content (AvgIpc) is 2.23. The first-order valence-corrected chi connectivity index (χ1v) is 6.20. The molecule has 0 aliphatic carbocycles. The minimum atomic E-state index is -1.05. The number of amides is 2. The topological polar surface area (TPSA) is 74.7 Å². The molecule has 1 rings (SSSR count). The Hall–Kier alpha value is -1.04. The first kappa shape index (κ1) is 13.0. The zero-order valence-corrected chi connectivity index (χ0v) is 10.2. The van der Waals surface area contributed by atoms with Gasteiger partial charge in [0.05, 0.1) is 16.9 Å². The maximum absolute atomic E-state index is 11.5. The standard InChI is InChI=1S/C10H15NO4S/c1-3-10(2,9(14)15)6-11-7(12)4-16-5-8(11)13/h3-6H2,1-2H3,(H,14,15). The van der Waals surface area contributed by atoms with Crippen molar-refractivity contribution in [3.63, 3.8) is 0 Å². The molecule has 0 spiro atoms. The van der Waals surface area contributed by atoms with Crippen molar-refractivity contribution in [3.8, 4) is 0 Å². The van der Waals surface area contributed by atoms with E-state index < -0.39 is 11.4 Å². The molecule has 1 heterocycles. The fourth-order valence-electron chi connectivity index (χ4n) is 1.38. The average molecular weight is 245 g/mol. The molecule has 2 amide bonds. The normalized spacial score (nSPS) is 20.8. The van der Waals surface area contributed by atoms with Gasteiger partial charge in [-0.15, -0.1) is 11.8 Å². The summed E-state index contributed by atoms with van der Waals surface area (Å²) in [5, 5.41) is 9.08. The third kappa shape index (κ3) is 2.55. The third-order valence-electron chi connectivity index (χ3n) is 2.86. The highest BCUT2D eigenvalue weighted by Gasteiger charge is 2.38. The summed E-state index contributed by atoms with van der Waals surface area (Å²) >= 11 is 1.27. The van der Waals surface area contributed by atoms with Gasteiger partial charge in [-0.25, -0.2) is 0 Å². The van der Waals surface area contributed by atoms with E-state index in [2.05, 4.69) is 0 Å². The van der Waals surface area contributed by atoms with Gasteiger partial charge in [0, 0.05) is 6.54 Å². The van der Waals surface area contributed by atoms with E-state index in [-0.39, 0.29) is 29.9 Å². The van der Waals surface area contributed by atoms with Crippen molar-refractivity contribution < 1.29 is 19.5 Å². The second kappa shape index (κ2) is 4.86. The predicted octanol–water partition coefficient (Wildman–Crippen LogP) is 0.589. The van der Waals surface area contributed by atoms with E-state index in [0.29, 0.717) is 6.42 Å². The van der Waals surface area contributed by atoms with E-state index in [9.17, 15) is 14.4 Å². The quantitative estimate of drug-likeness (QED) is 0.734. The van der Waals surface area contributed by atoms with Crippen molar-refractivity contribution in [1.29, 1.82) is 0 Å². The molecule has 1 aliphatic rings. The number of imide groups is 1. The van der Waals surface area contributed by atoms with Crippen molar-refractivity contribution in [2.75, 3.05) is 18.1 Å². The minimum absolute atomic E-state index is 0.0307. The van der Waals surface area contributed by atoms with Gasteiger partial charge in [-0.2, -0.15) is 0 Å². The Bertz CT molecular complexity index is 315. The molecule has 16 heavy (non-hydrogen) atoms. The number of carboxylic acid groups (broad SMARTS) is 1. The number of hydrogen-bond acceptors (Lipinski definition) is 4. The van der Waals surface area contributed by atoms with Gasteiger partial charge in [0.25, 0.3) is 0 Å². The molecule has 0 radical (unpaired) electrons. The highest BCUT2D eigenvalue weighted by Crippen LogP contribution is 2.25. The van der Waals surface area contributed by atoms with E-state index >= 15 is 0 Å². The lowest BCUT2D eigenvalue weighted by Crippen LogP contribution is -2.50. The first-order valence-electron chi connectivity index (χ1n) is 5.05. The van der Waals surface area contributed by atoms with Gasteiger partial charge in [-0.3, -0.25) is 19.3 Å². The van der Waals surface area contributed by atoms with Crippen molar-refractivity contribution in [2.45, 2.75) is 20.3 Å².